The Morgan fingerprint density at radius 1 is 1.22 bits per heavy atom. The van der Waals surface area contributed by atoms with E-state index in [1.54, 1.807) is 6.20 Å². The molecule has 1 unspecified atom stereocenters. The lowest BCUT2D eigenvalue weighted by Crippen LogP contribution is -2.13. The molecule has 0 spiro atoms. The third kappa shape index (κ3) is 2.38. The molecule has 6 heteroatoms. The van der Waals surface area contributed by atoms with Gasteiger partial charge in [0.15, 0.2) is 0 Å². The van der Waals surface area contributed by atoms with Crippen LogP contribution in [0.4, 0.5) is 5.82 Å². The van der Waals surface area contributed by atoms with Crippen LogP contribution < -0.4 is 10.6 Å². The maximum atomic E-state index is 11.7. The van der Waals surface area contributed by atoms with Gasteiger partial charge in [0.2, 0.25) is 0 Å². The number of amides is 1. The van der Waals surface area contributed by atoms with Crippen molar-refractivity contribution in [2.45, 2.75) is 19.5 Å². The highest BCUT2D eigenvalue weighted by Crippen LogP contribution is 2.25. The summed E-state index contributed by atoms with van der Waals surface area (Å²) in [6.45, 7) is 2.53. The molecule has 4 rings (SSSR count). The van der Waals surface area contributed by atoms with Gasteiger partial charge in [-0.2, -0.15) is 0 Å². The van der Waals surface area contributed by atoms with Crippen molar-refractivity contribution in [3.63, 3.8) is 0 Å². The second-order valence-corrected chi connectivity index (χ2v) is 5.55. The van der Waals surface area contributed by atoms with Crippen molar-refractivity contribution < 1.29 is 4.79 Å². The van der Waals surface area contributed by atoms with Crippen LogP contribution in [0.15, 0.2) is 42.9 Å². The maximum absolute atomic E-state index is 11.7. The van der Waals surface area contributed by atoms with E-state index in [1.807, 2.05) is 18.2 Å². The summed E-state index contributed by atoms with van der Waals surface area (Å²) in [5.41, 5.74) is 3.39. The van der Waals surface area contributed by atoms with Crippen LogP contribution >= 0.6 is 0 Å². The van der Waals surface area contributed by atoms with E-state index in [2.05, 4.69) is 44.6 Å². The molecule has 1 amide bonds. The largest absolute Gasteiger partial charge is 0.363 e. The van der Waals surface area contributed by atoms with Gasteiger partial charge in [0.05, 0.1) is 5.52 Å². The van der Waals surface area contributed by atoms with Gasteiger partial charge in [-0.05, 0) is 30.7 Å². The van der Waals surface area contributed by atoms with Crippen molar-refractivity contribution in [2.24, 2.45) is 0 Å². The number of benzene rings is 1. The van der Waals surface area contributed by atoms with E-state index >= 15 is 0 Å². The summed E-state index contributed by atoms with van der Waals surface area (Å²) in [6.07, 6.45) is 3.21. The van der Waals surface area contributed by atoms with E-state index in [4.69, 9.17) is 0 Å². The molecule has 3 heterocycles. The van der Waals surface area contributed by atoms with Gasteiger partial charge < -0.3 is 10.6 Å². The SMILES string of the molecule is CC(Nc1ncnc2c1CNC2=O)c1ccc2ncccc2c1. The number of nitrogens with zero attached hydrogens (tertiary/aromatic N) is 3. The molecule has 0 saturated carbocycles. The molecule has 0 saturated heterocycles. The predicted octanol–water partition coefficient (Wildman–Crippen LogP) is 2.44. The highest BCUT2D eigenvalue weighted by Gasteiger charge is 2.24. The molecule has 6 nitrogen and oxygen atoms in total. The Kier molecular flexibility index (Phi) is 3.15. The first-order valence-corrected chi connectivity index (χ1v) is 7.45. The lowest BCUT2D eigenvalue weighted by atomic mass is 10.1. The summed E-state index contributed by atoms with van der Waals surface area (Å²) in [6, 6.07) is 10.2. The number of rotatable bonds is 3. The number of pyridine rings is 1. The normalized spacial score (nSPS) is 14.4. The second-order valence-electron chi connectivity index (χ2n) is 5.55. The Balaban J connectivity index is 1.65. The van der Waals surface area contributed by atoms with Gasteiger partial charge in [0, 0.05) is 29.7 Å². The summed E-state index contributed by atoms with van der Waals surface area (Å²) in [5, 5.41) is 7.25. The van der Waals surface area contributed by atoms with Crippen LogP contribution in [0.1, 0.15) is 34.6 Å². The number of nitrogens with one attached hydrogen (secondary N) is 2. The number of hydrogen-bond acceptors (Lipinski definition) is 5. The molecular formula is C17H15N5O. The Labute approximate surface area is 133 Å². The molecule has 1 aliphatic rings. The Morgan fingerprint density at radius 3 is 3.04 bits per heavy atom. The van der Waals surface area contributed by atoms with Crippen LogP contribution in [-0.4, -0.2) is 20.9 Å². The zero-order chi connectivity index (χ0) is 15.8. The Hall–Kier alpha value is -3.02. The van der Waals surface area contributed by atoms with Crippen molar-refractivity contribution in [3.8, 4) is 0 Å². The maximum Gasteiger partial charge on any atom is 0.270 e. The Bertz CT molecular complexity index is 908. The average Bonchev–Trinajstić information content (AvgIpc) is 2.97. The minimum atomic E-state index is -0.144. The van der Waals surface area contributed by atoms with E-state index < -0.39 is 0 Å². The van der Waals surface area contributed by atoms with Crippen molar-refractivity contribution in [1.82, 2.24) is 20.3 Å². The minimum absolute atomic E-state index is 0.0503. The highest BCUT2D eigenvalue weighted by molar-refractivity contribution is 5.97. The average molecular weight is 305 g/mol. The van der Waals surface area contributed by atoms with E-state index in [0.717, 1.165) is 22.0 Å². The Morgan fingerprint density at radius 2 is 2.13 bits per heavy atom. The van der Waals surface area contributed by atoms with E-state index in [1.165, 1.54) is 6.33 Å². The molecule has 0 radical (unpaired) electrons. The first-order chi connectivity index (χ1) is 11.2. The summed E-state index contributed by atoms with van der Waals surface area (Å²) in [5.74, 6) is 0.557. The monoisotopic (exact) mass is 305 g/mol. The predicted molar refractivity (Wildman–Crippen MR) is 87.0 cm³/mol. The fraction of sp³-hybridized carbons (Fsp3) is 0.176. The van der Waals surface area contributed by atoms with Crippen LogP contribution in [0, 0.1) is 0 Å². The van der Waals surface area contributed by atoms with Crippen LogP contribution in [0.2, 0.25) is 0 Å². The number of hydrogen-bond donors (Lipinski definition) is 2. The zero-order valence-corrected chi connectivity index (χ0v) is 12.6. The van der Waals surface area contributed by atoms with E-state index in [0.29, 0.717) is 18.1 Å². The molecule has 1 atom stereocenters. The van der Waals surface area contributed by atoms with Gasteiger partial charge in [-0.3, -0.25) is 9.78 Å². The molecule has 0 bridgehead atoms. The topological polar surface area (TPSA) is 79.8 Å². The summed E-state index contributed by atoms with van der Waals surface area (Å²) in [7, 11) is 0. The smallest absolute Gasteiger partial charge is 0.270 e. The van der Waals surface area contributed by atoms with Crippen molar-refractivity contribution in [2.75, 3.05) is 5.32 Å². The standard InChI is InChI=1S/C17H15N5O/c1-10(11-4-5-14-12(7-11)3-2-6-18-14)22-16-13-8-19-17(23)15(13)20-9-21-16/h2-7,9-10H,8H2,1H3,(H,19,23)(H,20,21,22). The van der Waals surface area contributed by atoms with Crippen LogP contribution in [0.3, 0.4) is 0 Å². The number of carbonyl (C=O) groups excluding carboxylic acids is 1. The van der Waals surface area contributed by atoms with Gasteiger partial charge in [0.25, 0.3) is 5.91 Å². The fourth-order valence-corrected chi connectivity index (χ4v) is 2.80. The molecule has 1 aromatic carbocycles. The summed E-state index contributed by atoms with van der Waals surface area (Å²) < 4.78 is 0. The van der Waals surface area contributed by atoms with E-state index in [-0.39, 0.29) is 11.9 Å². The molecule has 23 heavy (non-hydrogen) atoms. The molecule has 3 aromatic rings. The van der Waals surface area contributed by atoms with Gasteiger partial charge in [-0.15, -0.1) is 0 Å². The lowest BCUT2D eigenvalue weighted by molar-refractivity contribution is 0.0961. The van der Waals surface area contributed by atoms with Gasteiger partial charge in [0.1, 0.15) is 17.8 Å². The third-order valence-electron chi connectivity index (χ3n) is 4.07. The molecule has 0 aliphatic carbocycles. The van der Waals surface area contributed by atoms with Crippen LogP contribution in [0.25, 0.3) is 10.9 Å². The fourth-order valence-electron chi connectivity index (χ4n) is 2.80. The first kappa shape index (κ1) is 13.6. The lowest BCUT2D eigenvalue weighted by Gasteiger charge is -2.17. The van der Waals surface area contributed by atoms with E-state index in [9.17, 15) is 4.79 Å². The molecule has 2 aromatic heterocycles. The van der Waals surface area contributed by atoms with Crippen molar-refractivity contribution in [3.05, 3.63) is 59.7 Å². The van der Waals surface area contributed by atoms with Crippen molar-refractivity contribution >= 4 is 22.6 Å². The molecular weight excluding hydrogens is 290 g/mol. The second kappa shape index (κ2) is 5.31. The summed E-state index contributed by atoms with van der Waals surface area (Å²) >= 11 is 0. The number of aromatic nitrogens is 3. The summed E-state index contributed by atoms with van der Waals surface area (Å²) in [4.78, 5) is 24.4. The quantitative estimate of drug-likeness (QED) is 0.777. The zero-order valence-electron chi connectivity index (χ0n) is 12.6. The van der Waals surface area contributed by atoms with Gasteiger partial charge >= 0.3 is 0 Å². The molecule has 114 valence electrons. The number of anilines is 1. The molecule has 0 fully saturated rings. The first-order valence-electron chi connectivity index (χ1n) is 7.45. The molecule has 2 N–H and O–H groups in total. The van der Waals surface area contributed by atoms with Crippen LogP contribution in [0.5, 0.6) is 0 Å². The third-order valence-corrected chi connectivity index (χ3v) is 4.07. The van der Waals surface area contributed by atoms with Gasteiger partial charge in [-0.25, -0.2) is 9.97 Å². The minimum Gasteiger partial charge on any atom is -0.363 e. The van der Waals surface area contributed by atoms with Crippen molar-refractivity contribution in [1.29, 1.82) is 0 Å². The highest BCUT2D eigenvalue weighted by atomic mass is 16.2. The number of fused-ring (bicyclic) bond motifs is 2. The molecule has 1 aliphatic heterocycles. The number of carbonyl (C=O) groups is 1. The van der Waals surface area contributed by atoms with Gasteiger partial charge in [-0.1, -0.05) is 12.1 Å². The van der Waals surface area contributed by atoms with Crippen LogP contribution in [-0.2, 0) is 6.54 Å².